The first-order valence-electron chi connectivity index (χ1n) is 5.02. The van der Waals surface area contributed by atoms with Crippen LogP contribution in [0.1, 0.15) is 5.56 Å². The first-order valence-corrected chi connectivity index (χ1v) is 5.02. The molecule has 0 N–H and O–H groups in total. The maximum atomic E-state index is 13.5. The largest absolute Gasteiger partial charge is 0.417 e. The summed E-state index contributed by atoms with van der Waals surface area (Å²) in [5.41, 5.74) is -1.76. The van der Waals surface area contributed by atoms with Gasteiger partial charge in [0.05, 0.1) is 5.56 Å². The van der Waals surface area contributed by atoms with Gasteiger partial charge in [-0.25, -0.2) is 8.78 Å². The minimum atomic E-state index is -4.62. The third-order valence-electron chi connectivity index (χ3n) is 2.47. The second-order valence-electron chi connectivity index (χ2n) is 3.64. The summed E-state index contributed by atoms with van der Waals surface area (Å²) in [7, 11) is 0. The highest BCUT2D eigenvalue weighted by Gasteiger charge is 2.34. The van der Waals surface area contributed by atoms with E-state index in [2.05, 4.69) is 0 Å². The van der Waals surface area contributed by atoms with E-state index in [0.29, 0.717) is 0 Å². The van der Waals surface area contributed by atoms with Crippen molar-refractivity contribution in [2.75, 3.05) is 0 Å². The molecule has 0 atom stereocenters. The summed E-state index contributed by atoms with van der Waals surface area (Å²) >= 11 is 0. The van der Waals surface area contributed by atoms with Crippen molar-refractivity contribution in [2.45, 2.75) is 6.18 Å². The molecule has 0 radical (unpaired) electrons. The molecular weight excluding hydrogens is 251 g/mol. The van der Waals surface area contributed by atoms with Crippen molar-refractivity contribution in [1.82, 2.24) is 0 Å². The van der Waals surface area contributed by atoms with Crippen molar-refractivity contribution < 1.29 is 22.0 Å². The van der Waals surface area contributed by atoms with Crippen LogP contribution in [0.2, 0.25) is 0 Å². The first kappa shape index (κ1) is 12.5. The molecule has 0 spiro atoms. The summed E-state index contributed by atoms with van der Waals surface area (Å²) in [5.74, 6) is -2.46. The average molecular weight is 258 g/mol. The van der Waals surface area contributed by atoms with Crippen molar-refractivity contribution in [1.29, 1.82) is 0 Å². The Labute approximate surface area is 99.7 Å². The van der Waals surface area contributed by atoms with Gasteiger partial charge in [0.25, 0.3) is 0 Å². The van der Waals surface area contributed by atoms with Gasteiger partial charge in [-0.15, -0.1) is 0 Å². The van der Waals surface area contributed by atoms with E-state index in [9.17, 15) is 22.0 Å². The zero-order valence-electron chi connectivity index (χ0n) is 8.93. The molecule has 0 saturated heterocycles. The van der Waals surface area contributed by atoms with Crippen LogP contribution in [-0.4, -0.2) is 0 Å². The molecule has 94 valence electrons. The quantitative estimate of drug-likeness (QED) is 0.653. The molecule has 0 heterocycles. The number of halogens is 5. The molecule has 2 aromatic carbocycles. The van der Waals surface area contributed by atoms with Crippen LogP contribution >= 0.6 is 0 Å². The zero-order chi connectivity index (χ0) is 13.3. The number of hydrogen-bond donors (Lipinski definition) is 0. The second kappa shape index (κ2) is 4.40. The molecule has 0 aromatic heterocycles. The minimum absolute atomic E-state index is 0.373. The van der Waals surface area contributed by atoms with E-state index in [-0.39, 0.29) is 5.56 Å². The molecule has 0 unspecified atom stereocenters. The van der Waals surface area contributed by atoms with Gasteiger partial charge in [-0.05, 0) is 17.7 Å². The third-order valence-corrected chi connectivity index (χ3v) is 2.47. The normalized spacial score (nSPS) is 11.6. The fourth-order valence-electron chi connectivity index (χ4n) is 1.68. The van der Waals surface area contributed by atoms with Gasteiger partial charge in [0.15, 0.2) is 11.6 Å². The third kappa shape index (κ3) is 2.20. The summed E-state index contributed by atoms with van der Waals surface area (Å²) in [6.07, 6.45) is -4.62. The van der Waals surface area contributed by atoms with E-state index in [4.69, 9.17) is 0 Å². The molecule has 0 amide bonds. The molecular formula is C13H7F5. The van der Waals surface area contributed by atoms with Crippen LogP contribution in [-0.2, 0) is 6.18 Å². The molecule has 0 saturated carbocycles. The first-order chi connectivity index (χ1) is 8.41. The Balaban J connectivity index is 2.69. The summed E-state index contributed by atoms with van der Waals surface area (Å²) in [5, 5.41) is 0. The molecule has 5 heteroatoms. The van der Waals surface area contributed by atoms with Crippen LogP contribution in [0.25, 0.3) is 11.1 Å². The van der Waals surface area contributed by atoms with Crippen LogP contribution < -0.4 is 0 Å². The van der Waals surface area contributed by atoms with E-state index in [0.717, 1.165) is 24.3 Å². The fraction of sp³-hybridized carbons (Fsp3) is 0.0769. The van der Waals surface area contributed by atoms with Gasteiger partial charge in [-0.2, -0.15) is 13.2 Å². The molecule has 0 bridgehead atoms. The fourth-order valence-corrected chi connectivity index (χ4v) is 1.68. The summed E-state index contributed by atoms with van der Waals surface area (Å²) in [6, 6.07) is 7.62. The molecule has 0 nitrogen and oxygen atoms in total. The van der Waals surface area contributed by atoms with Gasteiger partial charge in [0.1, 0.15) is 0 Å². The number of alkyl halides is 3. The van der Waals surface area contributed by atoms with E-state index < -0.39 is 28.9 Å². The monoisotopic (exact) mass is 258 g/mol. The Morgan fingerprint density at radius 2 is 1.33 bits per heavy atom. The van der Waals surface area contributed by atoms with Crippen LogP contribution in [0.5, 0.6) is 0 Å². The van der Waals surface area contributed by atoms with Crippen molar-refractivity contribution in [3.8, 4) is 11.1 Å². The highest BCUT2D eigenvalue weighted by molar-refractivity contribution is 5.68. The smallest absolute Gasteiger partial charge is 0.204 e. The predicted octanol–water partition coefficient (Wildman–Crippen LogP) is 4.65. The van der Waals surface area contributed by atoms with Crippen LogP contribution in [0.15, 0.2) is 42.5 Å². The van der Waals surface area contributed by atoms with Gasteiger partial charge in [-0.3, -0.25) is 0 Å². The maximum absolute atomic E-state index is 13.5. The van der Waals surface area contributed by atoms with E-state index in [1.165, 1.54) is 18.2 Å². The highest BCUT2D eigenvalue weighted by atomic mass is 19.4. The van der Waals surface area contributed by atoms with Crippen LogP contribution in [0.4, 0.5) is 22.0 Å². The topological polar surface area (TPSA) is 0 Å². The van der Waals surface area contributed by atoms with Gasteiger partial charge in [0, 0.05) is 5.56 Å². The molecule has 0 aliphatic rings. The number of hydrogen-bond acceptors (Lipinski definition) is 0. The van der Waals surface area contributed by atoms with Gasteiger partial charge >= 0.3 is 6.18 Å². The van der Waals surface area contributed by atoms with Crippen molar-refractivity contribution >= 4 is 0 Å². The Hall–Kier alpha value is -1.91. The lowest BCUT2D eigenvalue weighted by Gasteiger charge is -2.13. The Morgan fingerprint density at radius 3 is 2.00 bits per heavy atom. The molecule has 2 rings (SSSR count). The molecule has 0 aliphatic heterocycles. The molecule has 18 heavy (non-hydrogen) atoms. The van der Waals surface area contributed by atoms with Crippen LogP contribution in [0, 0.1) is 11.6 Å². The van der Waals surface area contributed by atoms with Crippen LogP contribution in [0.3, 0.4) is 0 Å². The highest BCUT2D eigenvalue weighted by Crippen LogP contribution is 2.37. The zero-order valence-corrected chi connectivity index (χ0v) is 8.93. The Morgan fingerprint density at radius 1 is 0.722 bits per heavy atom. The average Bonchev–Trinajstić information content (AvgIpc) is 2.32. The van der Waals surface area contributed by atoms with Gasteiger partial charge in [0.2, 0.25) is 0 Å². The summed E-state index contributed by atoms with van der Waals surface area (Å²) in [6.45, 7) is 0. The standard InChI is InChI=1S/C13H7F5/c14-11-7-3-5-9(12(11)15)8-4-1-2-6-10(8)13(16,17)18/h1-7H. The van der Waals surface area contributed by atoms with E-state index in [1.54, 1.807) is 0 Å². The second-order valence-corrected chi connectivity index (χ2v) is 3.64. The number of benzene rings is 2. The predicted molar refractivity (Wildman–Crippen MR) is 56.8 cm³/mol. The minimum Gasteiger partial charge on any atom is -0.204 e. The van der Waals surface area contributed by atoms with Gasteiger partial charge in [-0.1, -0.05) is 30.3 Å². The van der Waals surface area contributed by atoms with E-state index in [1.807, 2.05) is 0 Å². The Bertz CT molecular complexity index is 572. The Kier molecular flexibility index (Phi) is 3.07. The van der Waals surface area contributed by atoms with E-state index >= 15 is 0 Å². The molecule has 0 fully saturated rings. The van der Waals surface area contributed by atoms with Crippen molar-refractivity contribution in [2.24, 2.45) is 0 Å². The lowest BCUT2D eigenvalue weighted by molar-refractivity contribution is -0.137. The summed E-state index contributed by atoms with van der Waals surface area (Å²) < 4.78 is 64.8. The summed E-state index contributed by atoms with van der Waals surface area (Å²) in [4.78, 5) is 0. The van der Waals surface area contributed by atoms with Gasteiger partial charge < -0.3 is 0 Å². The lowest BCUT2D eigenvalue weighted by atomic mass is 9.99. The molecule has 2 aromatic rings. The van der Waals surface area contributed by atoms with Crippen molar-refractivity contribution in [3.05, 3.63) is 59.7 Å². The van der Waals surface area contributed by atoms with Crippen molar-refractivity contribution in [3.63, 3.8) is 0 Å². The molecule has 0 aliphatic carbocycles. The number of rotatable bonds is 1. The maximum Gasteiger partial charge on any atom is 0.417 e. The SMILES string of the molecule is Fc1cccc(-c2ccccc2C(F)(F)F)c1F. The lowest BCUT2D eigenvalue weighted by Crippen LogP contribution is -2.07.